The third-order valence-electron chi connectivity index (χ3n) is 6.41. The van der Waals surface area contributed by atoms with Gasteiger partial charge in [-0.1, -0.05) is 11.6 Å². The molecule has 6 nitrogen and oxygen atoms in total. The van der Waals surface area contributed by atoms with Crippen molar-refractivity contribution in [3.63, 3.8) is 0 Å². The summed E-state index contributed by atoms with van der Waals surface area (Å²) < 4.78 is 15.9. The smallest absolute Gasteiger partial charge is 0.258 e. The predicted molar refractivity (Wildman–Crippen MR) is 146 cm³/mol. The highest BCUT2D eigenvalue weighted by Gasteiger charge is 2.28. The molecule has 2 aromatic carbocycles. The first-order valence-corrected chi connectivity index (χ1v) is 13.0. The Morgan fingerprint density at radius 1 is 1.05 bits per heavy atom. The second-order valence-corrected chi connectivity index (χ2v) is 10.8. The van der Waals surface area contributed by atoms with E-state index in [0.29, 0.717) is 17.8 Å². The highest BCUT2D eigenvalue weighted by Crippen LogP contribution is 2.34. The third kappa shape index (κ3) is 5.05. The molecule has 0 bridgehead atoms. The highest BCUT2D eigenvalue weighted by molar-refractivity contribution is 7.10. The van der Waals surface area contributed by atoms with Crippen LogP contribution in [0.15, 0.2) is 60.0 Å². The number of nitrogens with one attached hydrogen (secondary N) is 1. The van der Waals surface area contributed by atoms with Gasteiger partial charge in [-0.2, -0.15) is 0 Å². The molecule has 2 amide bonds. The Bertz CT molecular complexity index is 1510. The molecule has 0 atom stereocenters. The van der Waals surface area contributed by atoms with Crippen molar-refractivity contribution in [2.24, 2.45) is 0 Å². The molecule has 1 aliphatic heterocycles. The molecule has 1 aliphatic rings. The van der Waals surface area contributed by atoms with Crippen LogP contribution >= 0.6 is 22.9 Å². The minimum absolute atomic E-state index is 0.0469. The molecule has 0 saturated heterocycles. The van der Waals surface area contributed by atoms with E-state index in [1.807, 2.05) is 37.4 Å². The molecule has 190 valence electrons. The van der Waals surface area contributed by atoms with Crippen LogP contribution in [0.4, 0.5) is 15.8 Å². The normalized spacial score (nSPS) is 12.8. The van der Waals surface area contributed by atoms with Gasteiger partial charge in [0.05, 0.1) is 29.4 Å². The van der Waals surface area contributed by atoms with E-state index >= 15 is 0 Å². The molecule has 0 radical (unpaired) electrons. The Morgan fingerprint density at radius 3 is 2.62 bits per heavy atom. The molecule has 2 aromatic heterocycles. The van der Waals surface area contributed by atoms with Crippen LogP contribution < -0.4 is 10.2 Å². The Labute approximate surface area is 223 Å². The third-order valence-corrected chi connectivity index (χ3v) is 7.63. The van der Waals surface area contributed by atoms with Crippen LogP contribution in [-0.4, -0.2) is 35.4 Å². The molecule has 37 heavy (non-hydrogen) atoms. The maximum Gasteiger partial charge on any atom is 0.258 e. The molecule has 0 aliphatic carbocycles. The van der Waals surface area contributed by atoms with Crippen LogP contribution in [0.2, 0.25) is 5.02 Å². The molecule has 0 fully saturated rings. The number of rotatable bonds is 5. The monoisotopic (exact) mass is 536 g/mol. The summed E-state index contributed by atoms with van der Waals surface area (Å²) in [5, 5.41) is 4.93. The second kappa shape index (κ2) is 10.1. The Kier molecular flexibility index (Phi) is 6.90. The Morgan fingerprint density at radius 2 is 1.86 bits per heavy atom. The van der Waals surface area contributed by atoms with Gasteiger partial charge >= 0.3 is 0 Å². The van der Waals surface area contributed by atoms with Gasteiger partial charge < -0.3 is 19.7 Å². The van der Waals surface area contributed by atoms with Crippen LogP contribution in [-0.2, 0) is 19.6 Å². The van der Waals surface area contributed by atoms with Gasteiger partial charge in [-0.05, 0) is 86.6 Å². The van der Waals surface area contributed by atoms with Crippen molar-refractivity contribution in [2.75, 3.05) is 24.3 Å². The van der Waals surface area contributed by atoms with E-state index in [1.54, 1.807) is 29.5 Å². The zero-order valence-corrected chi connectivity index (χ0v) is 22.3. The van der Waals surface area contributed by atoms with Crippen molar-refractivity contribution in [1.29, 1.82) is 0 Å². The van der Waals surface area contributed by atoms with Crippen molar-refractivity contribution in [3.05, 3.63) is 104 Å². The Balaban J connectivity index is 1.41. The quantitative estimate of drug-likeness (QED) is 0.332. The number of halogens is 2. The minimum Gasteiger partial charge on any atom is -0.340 e. The fourth-order valence-electron chi connectivity index (χ4n) is 4.62. The fourth-order valence-corrected chi connectivity index (χ4v) is 5.69. The van der Waals surface area contributed by atoms with E-state index in [2.05, 4.69) is 26.9 Å². The van der Waals surface area contributed by atoms with Crippen molar-refractivity contribution >= 4 is 46.1 Å². The van der Waals surface area contributed by atoms with E-state index in [4.69, 9.17) is 11.6 Å². The van der Waals surface area contributed by atoms with Gasteiger partial charge in [0.1, 0.15) is 5.82 Å². The van der Waals surface area contributed by atoms with E-state index in [0.717, 1.165) is 41.0 Å². The average Bonchev–Trinajstić information content (AvgIpc) is 3.42. The van der Waals surface area contributed by atoms with Crippen LogP contribution in [0.3, 0.4) is 0 Å². The lowest BCUT2D eigenvalue weighted by Crippen LogP contribution is -2.31. The van der Waals surface area contributed by atoms with Crippen molar-refractivity contribution in [2.45, 2.75) is 26.6 Å². The zero-order chi connectivity index (χ0) is 26.3. The van der Waals surface area contributed by atoms with Crippen molar-refractivity contribution in [3.8, 4) is 0 Å². The lowest BCUT2D eigenvalue weighted by Gasteiger charge is -2.22. The topological polar surface area (TPSA) is 57.6 Å². The number of carbonyl (C=O) groups excluding carboxylic acids is 2. The van der Waals surface area contributed by atoms with E-state index in [-0.39, 0.29) is 16.5 Å². The summed E-state index contributed by atoms with van der Waals surface area (Å²) in [7, 11) is 4.09. The fraction of sp³-hybridized carbons (Fsp3) is 0.214. The lowest BCUT2D eigenvalue weighted by atomic mass is 10.1. The highest BCUT2D eigenvalue weighted by atomic mass is 35.5. The molecular formula is C28H26ClFN4O2S. The molecular weight excluding hydrogens is 511 g/mol. The van der Waals surface area contributed by atoms with Gasteiger partial charge in [0.2, 0.25) is 0 Å². The van der Waals surface area contributed by atoms with Crippen LogP contribution in [0.1, 0.15) is 42.5 Å². The first-order chi connectivity index (χ1) is 17.7. The minimum atomic E-state index is -0.545. The summed E-state index contributed by atoms with van der Waals surface area (Å²) in [5.74, 6) is -1.17. The van der Waals surface area contributed by atoms with E-state index < -0.39 is 11.7 Å². The number of nitrogens with zero attached hydrogens (tertiary/aromatic N) is 3. The maximum absolute atomic E-state index is 13.8. The average molecular weight is 537 g/mol. The molecule has 0 unspecified atom stereocenters. The first-order valence-electron chi connectivity index (χ1n) is 11.8. The van der Waals surface area contributed by atoms with Crippen LogP contribution in [0, 0.1) is 12.7 Å². The number of thiophene rings is 1. The number of anilines is 2. The SMILES string of the molecule is Cc1cc(NC(=O)c2cc(F)ccc2Cl)ccc1C(=O)N1Cc2ccc(CN(C)C)n2Cc2sccc21. The summed E-state index contributed by atoms with van der Waals surface area (Å²) in [6, 6.07) is 15.0. The van der Waals surface area contributed by atoms with Gasteiger partial charge in [-0.3, -0.25) is 9.59 Å². The van der Waals surface area contributed by atoms with Gasteiger partial charge in [0.25, 0.3) is 11.8 Å². The molecule has 0 spiro atoms. The lowest BCUT2D eigenvalue weighted by molar-refractivity contribution is 0.0983. The maximum atomic E-state index is 13.8. The second-order valence-electron chi connectivity index (χ2n) is 9.37. The number of amides is 2. The summed E-state index contributed by atoms with van der Waals surface area (Å²) in [4.78, 5) is 31.6. The molecule has 4 aromatic rings. The number of hydrogen-bond acceptors (Lipinski definition) is 4. The zero-order valence-electron chi connectivity index (χ0n) is 20.7. The first kappa shape index (κ1) is 25.2. The summed E-state index contributed by atoms with van der Waals surface area (Å²) in [6.45, 7) is 3.85. The largest absolute Gasteiger partial charge is 0.340 e. The molecule has 5 rings (SSSR count). The van der Waals surface area contributed by atoms with Gasteiger partial charge in [0.15, 0.2) is 0 Å². The summed E-state index contributed by atoms with van der Waals surface area (Å²) >= 11 is 7.72. The number of fused-ring (bicyclic) bond motifs is 2. The summed E-state index contributed by atoms with van der Waals surface area (Å²) in [5.41, 5.74) is 5.03. The molecule has 3 heterocycles. The van der Waals surface area contributed by atoms with Gasteiger partial charge in [0, 0.05) is 34.1 Å². The number of aromatic nitrogens is 1. The van der Waals surface area contributed by atoms with E-state index in [9.17, 15) is 14.0 Å². The standard InChI is InChI=1S/C28H26ClFN4O2S/c1-17-12-19(31-27(35)23-13-18(30)4-9-24(23)29)5-8-22(17)28(36)34-15-21-7-6-20(14-32(2)3)33(21)16-26-25(34)10-11-37-26/h4-13H,14-16H2,1-3H3,(H,31,35). The Hall–Kier alpha value is -3.46. The molecule has 9 heteroatoms. The van der Waals surface area contributed by atoms with Crippen molar-refractivity contribution < 1.29 is 14.0 Å². The summed E-state index contributed by atoms with van der Waals surface area (Å²) in [6.07, 6.45) is 0. The van der Waals surface area contributed by atoms with Crippen LogP contribution in [0.5, 0.6) is 0 Å². The van der Waals surface area contributed by atoms with Gasteiger partial charge in [-0.15, -0.1) is 11.3 Å². The molecule has 1 N–H and O–H groups in total. The number of aryl methyl sites for hydroxylation is 1. The number of hydrogen-bond donors (Lipinski definition) is 1. The van der Waals surface area contributed by atoms with E-state index in [1.165, 1.54) is 17.8 Å². The van der Waals surface area contributed by atoms with Crippen molar-refractivity contribution in [1.82, 2.24) is 9.47 Å². The van der Waals surface area contributed by atoms with Gasteiger partial charge in [-0.25, -0.2) is 4.39 Å². The molecule has 0 saturated carbocycles. The van der Waals surface area contributed by atoms with Crippen LogP contribution in [0.25, 0.3) is 0 Å². The number of benzene rings is 2. The number of carbonyl (C=O) groups is 2. The predicted octanol–water partition coefficient (Wildman–Crippen LogP) is 6.17.